The highest BCUT2D eigenvalue weighted by Gasteiger charge is 2.18. The number of thiophene rings is 1. The molecule has 3 rings (SSSR count). The zero-order valence-electron chi connectivity index (χ0n) is 10.2. The average Bonchev–Trinajstić information content (AvgIpc) is 2.88. The molecule has 0 spiro atoms. The Balaban J connectivity index is 1.91. The molecule has 1 fully saturated rings. The lowest BCUT2D eigenvalue weighted by atomic mass is 10.2. The first kappa shape index (κ1) is 12.2. The molecule has 0 atom stereocenters. The first-order valence-electron chi connectivity index (χ1n) is 6.04. The molecule has 6 heteroatoms. The van der Waals surface area contributed by atoms with Gasteiger partial charge in [0.15, 0.2) is 0 Å². The van der Waals surface area contributed by atoms with Crippen molar-refractivity contribution in [1.29, 1.82) is 0 Å². The fraction of sp³-hybridized carbons (Fsp3) is 0.500. The minimum absolute atomic E-state index is 0.612. The van der Waals surface area contributed by atoms with Gasteiger partial charge in [0.05, 0.1) is 0 Å². The van der Waals surface area contributed by atoms with Gasteiger partial charge in [-0.05, 0) is 24.3 Å². The number of fused-ring (bicyclic) bond motifs is 1. The Morgan fingerprint density at radius 1 is 1.39 bits per heavy atom. The summed E-state index contributed by atoms with van der Waals surface area (Å²) in [4.78, 5) is 10.1. The first-order valence-corrected chi connectivity index (χ1v) is 7.80. The lowest BCUT2D eigenvalue weighted by molar-refractivity contribution is 0.1000. The predicted octanol–water partition coefficient (Wildman–Crippen LogP) is 3.00. The number of anilines is 1. The van der Waals surface area contributed by atoms with E-state index in [9.17, 15) is 0 Å². The van der Waals surface area contributed by atoms with Gasteiger partial charge in [0.1, 0.15) is 9.86 Å². The molecule has 1 aliphatic rings. The maximum Gasteiger partial charge on any atom is 0.224 e. The second-order valence-corrected chi connectivity index (χ2v) is 6.36. The molecule has 2 aromatic rings. The second-order valence-electron chi connectivity index (χ2n) is 4.17. The maximum atomic E-state index is 5.40. The van der Waals surface area contributed by atoms with E-state index in [0.717, 1.165) is 35.9 Å². The van der Waals surface area contributed by atoms with Gasteiger partial charge in [-0.2, -0.15) is 0 Å². The summed E-state index contributed by atoms with van der Waals surface area (Å²) >= 11 is 3.53. The number of hydrogen-bond acceptors (Lipinski definition) is 6. The molecule has 0 aliphatic carbocycles. The van der Waals surface area contributed by atoms with Crippen molar-refractivity contribution >= 4 is 39.3 Å². The molecule has 0 aromatic carbocycles. The summed E-state index contributed by atoms with van der Waals surface area (Å²) in [5, 5.41) is 7.99. The zero-order chi connectivity index (χ0) is 12.4. The van der Waals surface area contributed by atoms with Gasteiger partial charge in [0.2, 0.25) is 5.95 Å². The van der Waals surface area contributed by atoms with Crippen molar-refractivity contribution in [2.24, 2.45) is 0 Å². The van der Waals surface area contributed by atoms with Crippen molar-refractivity contribution in [3.63, 3.8) is 0 Å². The Kier molecular flexibility index (Phi) is 3.67. The highest BCUT2D eigenvalue weighted by Crippen LogP contribution is 2.35. The zero-order valence-corrected chi connectivity index (χ0v) is 11.8. The standard InChI is InChI=1S/C12H15N3OS2/c1-13-12-14-10-9(4-7-17-10)11(15-12)18-8-2-5-16-6-3-8/h4,7-8H,2-3,5-6H2,1H3,(H,13,14,15). The Morgan fingerprint density at radius 3 is 3.00 bits per heavy atom. The van der Waals surface area contributed by atoms with E-state index in [1.807, 2.05) is 18.8 Å². The van der Waals surface area contributed by atoms with Crippen LogP contribution in [0.5, 0.6) is 0 Å². The number of aromatic nitrogens is 2. The lowest BCUT2D eigenvalue weighted by Crippen LogP contribution is -2.17. The highest BCUT2D eigenvalue weighted by atomic mass is 32.2. The van der Waals surface area contributed by atoms with Crippen molar-refractivity contribution < 1.29 is 4.74 Å². The Hall–Kier alpha value is -0.850. The van der Waals surface area contributed by atoms with Crippen LogP contribution in [0.2, 0.25) is 0 Å². The van der Waals surface area contributed by atoms with Gasteiger partial charge in [-0.3, -0.25) is 0 Å². The van der Waals surface area contributed by atoms with Crippen molar-refractivity contribution in [3.8, 4) is 0 Å². The molecule has 3 heterocycles. The first-order chi connectivity index (χ1) is 8.86. The minimum Gasteiger partial charge on any atom is -0.381 e. The summed E-state index contributed by atoms with van der Waals surface area (Å²) in [5.74, 6) is 0.708. The SMILES string of the molecule is CNc1nc(SC2CCOCC2)c2ccsc2n1. The number of ether oxygens (including phenoxy) is 1. The summed E-state index contributed by atoms with van der Waals surface area (Å²) < 4.78 is 5.40. The summed E-state index contributed by atoms with van der Waals surface area (Å²) in [7, 11) is 1.86. The minimum atomic E-state index is 0.612. The van der Waals surface area contributed by atoms with Crippen LogP contribution in [0.1, 0.15) is 12.8 Å². The number of hydrogen-bond donors (Lipinski definition) is 1. The Labute approximate surface area is 114 Å². The smallest absolute Gasteiger partial charge is 0.224 e. The van der Waals surface area contributed by atoms with Crippen molar-refractivity contribution in [1.82, 2.24) is 9.97 Å². The summed E-state index contributed by atoms with van der Waals surface area (Å²) in [6.07, 6.45) is 2.21. The number of rotatable bonds is 3. The van der Waals surface area contributed by atoms with E-state index in [0.29, 0.717) is 11.2 Å². The van der Waals surface area contributed by atoms with Crippen LogP contribution in [-0.2, 0) is 4.74 Å². The molecule has 4 nitrogen and oxygen atoms in total. The Bertz CT molecular complexity index is 537. The summed E-state index contributed by atoms with van der Waals surface area (Å²) in [6, 6.07) is 2.11. The quantitative estimate of drug-likeness (QED) is 0.876. The van der Waals surface area contributed by atoms with E-state index < -0.39 is 0 Å². The van der Waals surface area contributed by atoms with Crippen molar-refractivity contribution in [2.75, 3.05) is 25.6 Å². The molecule has 1 N–H and O–H groups in total. The molecule has 0 amide bonds. The maximum absolute atomic E-state index is 5.40. The second kappa shape index (κ2) is 5.42. The molecule has 0 unspecified atom stereocenters. The van der Waals surface area contributed by atoms with Crippen LogP contribution in [0.25, 0.3) is 10.2 Å². The van der Waals surface area contributed by atoms with Crippen LogP contribution in [0.4, 0.5) is 5.95 Å². The van der Waals surface area contributed by atoms with Crippen LogP contribution in [-0.4, -0.2) is 35.5 Å². The van der Waals surface area contributed by atoms with E-state index in [1.165, 1.54) is 5.39 Å². The summed E-state index contributed by atoms with van der Waals surface area (Å²) in [6.45, 7) is 1.74. The lowest BCUT2D eigenvalue weighted by Gasteiger charge is -2.21. The highest BCUT2D eigenvalue weighted by molar-refractivity contribution is 8.00. The molecule has 0 saturated carbocycles. The van der Waals surface area contributed by atoms with Crippen molar-refractivity contribution in [3.05, 3.63) is 11.4 Å². The third-order valence-electron chi connectivity index (χ3n) is 2.96. The van der Waals surface area contributed by atoms with Crippen LogP contribution >= 0.6 is 23.1 Å². The van der Waals surface area contributed by atoms with E-state index in [1.54, 1.807) is 11.3 Å². The van der Waals surface area contributed by atoms with Gasteiger partial charge < -0.3 is 10.1 Å². The average molecular weight is 281 g/mol. The number of nitrogens with zero attached hydrogens (tertiary/aromatic N) is 2. The van der Waals surface area contributed by atoms with Gasteiger partial charge in [0, 0.05) is 30.9 Å². The molecule has 1 saturated heterocycles. The van der Waals surface area contributed by atoms with Gasteiger partial charge in [-0.15, -0.1) is 23.1 Å². The molecular weight excluding hydrogens is 266 g/mol. The normalized spacial score (nSPS) is 17.2. The van der Waals surface area contributed by atoms with Gasteiger partial charge in [-0.25, -0.2) is 9.97 Å². The van der Waals surface area contributed by atoms with E-state index in [2.05, 4.69) is 26.7 Å². The third kappa shape index (κ3) is 2.46. The predicted molar refractivity (Wildman–Crippen MR) is 76.7 cm³/mol. The van der Waals surface area contributed by atoms with E-state index in [4.69, 9.17) is 4.74 Å². The topological polar surface area (TPSA) is 47.0 Å². The van der Waals surface area contributed by atoms with E-state index >= 15 is 0 Å². The van der Waals surface area contributed by atoms with E-state index in [-0.39, 0.29) is 0 Å². The van der Waals surface area contributed by atoms with Crippen LogP contribution < -0.4 is 5.32 Å². The molecule has 0 bridgehead atoms. The number of nitrogens with one attached hydrogen (secondary N) is 1. The fourth-order valence-corrected chi connectivity index (χ4v) is 3.98. The molecule has 96 valence electrons. The fourth-order valence-electron chi connectivity index (χ4n) is 1.98. The number of thioether (sulfide) groups is 1. The van der Waals surface area contributed by atoms with Crippen LogP contribution in [0, 0.1) is 0 Å². The Morgan fingerprint density at radius 2 is 2.22 bits per heavy atom. The van der Waals surface area contributed by atoms with Crippen LogP contribution in [0.3, 0.4) is 0 Å². The monoisotopic (exact) mass is 281 g/mol. The van der Waals surface area contributed by atoms with Gasteiger partial charge in [0.25, 0.3) is 0 Å². The molecular formula is C12H15N3OS2. The third-order valence-corrected chi connectivity index (χ3v) is 5.11. The molecule has 1 aliphatic heterocycles. The largest absolute Gasteiger partial charge is 0.381 e. The van der Waals surface area contributed by atoms with Crippen LogP contribution in [0.15, 0.2) is 16.5 Å². The molecule has 0 radical (unpaired) electrons. The molecule has 18 heavy (non-hydrogen) atoms. The molecule has 2 aromatic heterocycles. The summed E-state index contributed by atoms with van der Waals surface area (Å²) in [5.41, 5.74) is 0. The van der Waals surface area contributed by atoms with Crippen molar-refractivity contribution in [2.45, 2.75) is 23.1 Å². The van der Waals surface area contributed by atoms with Gasteiger partial charge in [-0.1, -0.05) is 0 Å². The van der Waals surface area contributed by atoms with Gasteiger partial charge >= 0.3 is 0 Å².